The van der Waals surface area contributed by atoms with Crippen LogP contribution in [0.3, 0.4) is 0 Å². The number of rotatable bonds is 7. The third-order valence-electron chi connectivity index (χ3n) is 5.85. The Labute approximate surface area is 219 Å². The van der Waals surface area contributed by atoms with E-state index in [-0.39, 0.29) is 43.7 Å². The summed E-state index contributed by atoms with van der Waals surface area (Å²) < 4.78 is 45.6. The van der Waals surface area contributed by atoms with Crippen LogP contribution >= 0.6 is 13.5 Å². The Morgan fingerprint density at radius 2 is 1.95 bits per heavy atom. The van der Waals surface area contributed by atoms with Crippen molar-refractivity contribution in [3.05, 3.63) is 47.2 Å². The van der Waals surface area contributed by atoms with Gasteiger partial charge in [-0.3, -0.25) is 9.48 Å². The minimum Gasteiger partial charge on any atom is -0.494 e. The van der Waals surface area contributed by atoms with Gasteiger partial charge in [0.15, 0.2) is 11.5 Å². The maximum absolute atomic E-state index is 13.0. The van der Waals surface area contributed by atoms with Crippen molar-refractivity contribution in [2.45, 2.75) is 46.1 Å². The normalized spacial score (nSPS) is 15.2. The zero-order valence-corrected chi connectivity index (χ0v) is 22.0. The molecule has 1 aliphatic rings. The summed E-state index contributed by atoms with van der Waals surface area (Å²) in [6.07, 6.45) is -0.0201. The van der Waals surface area contributed by atoms with Crippen LogP contribution in [0.25, 0.3) is 0 Å². The number of ether oxygens (including phenoxy) is 1. The van der Waals surface area contributed by atoms with Crippen LogP contribution in [-0.2, 0) is 24.1 Å². The highest BCUT2D eigenvalue weighted by Gasteiger charge is 2.37. The lowest BCUT2D eigenvalue weighted by molar-refractivity contribution is -0.142. The maximum Gasteiger partial charge on any atom is 0.437 e. The average Bonchev–Trinajstić information content (AvgIpc) is 3.24. The van der Waals surface area contributed by atoms with Gasteiger partial charge in [0.05, 0.1) is 25.5 Å². The Hall–Kier alpha value is -3.55. The molecule has 0 radical (unpaired) electrons. The Bertz CT molecular complexity index is 1280. The molecular formula is C23H29F3N8O2S. The van der Waals surface area contributed by atoms with Gasteiger partial charge in [0, 0.05) is 31.5 Å². The molecule has 200 valence electrons. The van der Waals surface area contributed by atoms with Crippen LogP contribution in [-0.4, -0.2) is 50.8 Å². The molecular weight excluding hydrogens is 509 g/mol. The molecule has 37 heavy (non-hydrogen) atoms. The fraction of sp³-hybridized carbons (Fsp3) is 0.435. The molecule has 4 rings (SSSR count). The van der Waals surface area contributed by atoms with Gasteiger partial charge in [-0.15, -0.1) is 0 Å². The molecule has 10 nitrogen and oxygen atoms in total. The minimum atomic E-state index is -4.60. The third-order valence-corrected chi connectivity index (χ3v) is 5.85. The van der Waals surface area contributed by atoms with Crippen LogP contribution in [0.1, 0.15) is 36.4 Å². The van der Waals surface area contributed by atoms with Gasteiger partial charge >= 0.3 is 6.18 Å². The quantitative estimate of drug-likeness (QED) is 0.470. The Morgan fingerprint density at radius 3 is 2.59 bits per heavy atom. The van der Waals surface area contributed by atoms with Crippen molar-refractivity contribution < 1.29 is 22.7 Å². The Balaban J connectivity index is 0.00000380. The minimum absolute atomic E-state index is 0. The summed E-state index contributed by atoms with van der Waals surface area (Å²) in [5, 5.41) is 10.4. The lowest BCUT2D eigenvalue weighted by Gasteiger charge is -2.36. The predicted molar refractivity (Wildman–Crippen MR) is 137 cm³/mol. The number of methoxy groups -OCH3 is 1. The van der Waals surface area contributed by atoms with Crippen LogP contribution < -0.4 is 20.3 Å². The first-order chi connectivity index (χ1) is 17.0. The number of halogens is 3. The van der Waals surface area contributed by atoms with E-state index in [0.717, 1.165) is 11.8 Å². The predicted octanol–water partition coefficient (Wildman–Crippen LogP) is 3.59. The highest BCUT2D eigenvalue weighted by atomic mass is 32.1. The van der Waals surface area contributed by atoms with Crippen LogP contribution in [0.4, 0.5) is 30.6 Å². The number of aromatic nitrogens is 5. The van der Waals surface area contributed by atoms with Crippen LogP contribution in [0, 0.1) is 12.8 Å². The molecule has 1 atom stereocenters. The molecule has 0 fully saturated rings. The number of carbonyl (C=O) groups is 1. The lowest BCUT2D eigenvalue weighted by atomic mass is 9.99. The summed E-state index contributed by atoms with van der Waals surface area (Å²) in [6, 6.07) is 0.968. The second-order valence-electron chi connectivity index (χ2n) is 8.91. The van der Waals surface area contributed by atoms with Crippen molar-refractivity contribution in [1.29, 1.82) is 0 Å². The van der Waals surface area contributed by atoms with Crippen molar-refractivity contribution in [2.24, 2.45) is 5.92 Å². The van der Waals surface area contributed by atoms with Crippen molar-refractivity contribution in [1.82, 2.24) is 24.7 Å². The first-order valence-electron chi connectivity index (χ1n) is 11.3. The average molecular weight is 539 g/mol. The van der Waals surface area contributed by atoms with E-state index in [2.05, 4.69) is 30.7 Å². The van der Waals surface area contributed by atoms with Crippen molar-refractivity contribution >= 4 is 36.9 Å². The number of anilines is 3. The zero-order valence-electron chi connectivity index (χ0n) is 21.0. The largest absolute Gasteiger partial charge is 0.494 e. The first-order valence-corrected chi connectivity index (χ1v) is 11.3. The van der Waals surface area contributed by atoms with E-state index in [1.54, 1.807) is 24.0 Å². The van der Waals surface area contributed by atoms with Gasteiger partial charge in [-0.2, -0.15) is 36.7 Å². The van der Waals surface area contributed by atoms with Gasteiger partial charge in [-0.05, 0) is 24.5 Å². The number of likely N-dealkylation sites (N-methyl/N-ethyl adjacent to an activating group) is 1. The number of amides is 1. The van der Waals surface area contributed by atoms with Gasteiger partial charge in [0.1, 0.15) is 17.5 Å². The van der Waals surface area contributed by atoms with Crippen molar-refractivity contribution in [2.75, 3.05) is 29.7 Å². The number of carbonyl (C=O) groups excluding carboxylic acids is 1. The number of alkyl halides is 3. The smallest absolute Gasteiger partial charge is 0.437 e. The number of aryl methyl sites for hydroxylation is 1. The fourth-order valence-electron chi connectivity index (χ4n) is 4.19. The summed E-state index contributed by atoms with van der Waals surface area (Å²) in [6.45, 7) is 6.36. The Kier molecular flexibility index (Phi) is 8.20. The molecule has 0 saturated heterocycles. The molecule has 0 aliphatic carbocycles. The first kappa shape index (κ1) is 28.0. The van der Waals surface area contributed by atoms with E-state index in [9.17, 15) is 18.0 Å². The number of fused-ring (bicyclic) bond motifs is 1. The maximum atomic E-state index is 13.0. The molecule has 0 spiro atoms. The van der Waals surface area contributed by atoms with Crippen LogP contribution in [0.15, 0.2) is 24.7 Å². The second-order valence-corrected chi connectivity index (χ2v) is 8.91. The highest BCUT2D eigenvalue weighted by Crippen LogP contribution is 2.35. The number of nitrogens with zero attached hydrogens (tertiary/aromatic N) is 6. The number of nitrogens with one attached hydrogen (secondary N) is 2. The van der Waals surface area contributed by atoms with Crippen molar-refractivity contribution in [3.63, 3.8) is 0 Å². The highest BCUT2D eigenvalue weighted by molar-refractivity contribution is 7.59. The summed E-state index contributed by atoms with van der Waals surface area (Å²) in [4.78, 5) is 26.9. The molecule has 0 aromatic carbocycles. The zero-order chi connectivity index (χ0) is 26.2. The van der Waals surface area contributed by atoms with E-state index in [1.807, 2.05) is 25.8 Å². The van der Waals surface area contributed by atoms with E-state index < -0.39 is 11.9 Å². The number of hydrogen-bond acceptors (Lipinski definition) is 8. The third kappa shape index (κ3) is 5.89. The van der Waals surface area contributed by atoms with Crippen LogP contribution in [0.5, 0.6) is 5.75 Å². The van der Waals surface area contributed by atoms with Gasteiger partial charge < -0.3 is 20.3 Å². The van der Waals surface area contributed by atoms with Gasteiger partial charge in [0.25, 0.3) is 0 Å². The molecule has 1 amide bonds. The SMILES string of the molecule is COc1cc(Cn2cc(CNc3nc(C)c4c(n3)N(C)[C@@H](C(C)C)C(=O)N4)cn2)cnc1C(F)(F)F.S. The molecule has 4 heterocycles. The summed E-state index contributed by atoms with van der Waals surface area (Å²) in [7, 11) is 3.01. The molecule has 0 bridgehead atoms. The second kappa shape index (κ2) is 10.8. The van der Waals surface area contributed by atoms with E-state index in [0.29, 0.717) is 35.3 Å². The number of pyridine rings is 1. The monoisotopic (exact) mass is 538 g/mol. The van der Waals surface area contributed by atoms with E-state index in [4.69, 9.17) is 4.74 Å². The number of hydrogen-bond donors (Lipinski definition) is 2. The molecule has 0 saturated carbocycles. The molecule has 14 heteroatoms. The van der Waals surface area contributed by atoms with E-state index >= 15 is 0 Å². The molecule has 0 unspecified atom stereocenters. The molecule has 1 aliphatic heterocycles. The van der Waals surface area contributed by atoms with Gasteiger partial charge in [-0.25, -0.2) is 9.97 Å². The summed E-state index contributed by atoms with van der Waals surface area (Å²) in [5.41, 5.74) is 1.51. The lowest BCUT2D eigenvalue weighted by Crippen LogP contribution is -2.49. The molecule has 3 aromatic rings. The van der Waals surface area contributed by atoms with Gasteiger partial charge in [0.2, 0.25) is 11.9 Å². The van der Waals surface area contributed by atoms with Crippen LogP contribution in [0.2, 0.25) is 0 Å². The Morgan fingerprint density at radius 1 is 1.22 bits per heavy atom. The summed E-state index contributed by atoms with van der Waals surface area (Å²) in [5.74, 6) is 0.722. The van der Waals surface area contributed by atoms with Crippen molar-refractivity contribution in [3.8, 4) is 5.75 Å². The standard InChI is InChI=1S/C23H27F3N8O2.H2S/c1-12(2)18-21(35)31-17-13(3)30-22(32-20(17)33(18)4)28-8-15-9-29-34(11-15)10-14-6-16(36-5)19(27-7-14)23(24,25)26;/h6-7,9,11-12,18H,8,10H2,1-5H3,(H,31,35)(H,28,30,32);1H2/t18-;/m0./s1. The molecule has 2 N–H and O–H groups in total. The molecule has 3 aromatic heterocycles. The summed E-state index contributed by atoms with van der Waals surface area (Å²) >= 11 is 0. The fourth-order valence-corrected chi connectivity index (χ4v) is 4.19. The topological polar surface area (TPSA) is 110 Å². The van der Waals surface area contributed by atoms with E-state index in [1.165, 1.54) is 13.2 Å². The van der Waals surface area contributed by atoms with Gasteiger partial charge in [-0.1, -0.05) is 13.8 Å².